The van der Waals surface area contributed by atoms with Crippen molar-refractivity contribution >= 4 is 5.78 Å². The second-order valence-electron chi connectivity index (χ2n) is 1.58. The van der Waals surface area contributed by atoms with Crippen LogP contribution in [-0.4, -0.2) is 12.0 Å². The molecule has 0 heterocycles. The van der Waals surface area contributed by atoms with E-state index in [1.54, 1.807) is 0 Å². The van der Waals surface area contributed by atoms with Crippen molar-refractivity contribution in [1.82, 2.24) is 0 Å². The summed E-state index contributed by atoms with van der Waals surface area (Å²) in [6.45, 7) is 0. The number of carbonyl (C=O) groups excluding carboxylic acids is 1. The molecule has 0 rings (SSSR count). The minimum Gasteiger partial charge on any atom is -0.290 e. The molecule has 0 spiro atoms. The molecule has 0 aromatic carbocycles. The molecular weight excluding hydrogens is 147 g/mol. The summed E-state index contributed by atoms with van der Waals surface area (Å²) in [6, 6.07) is 1.45. The van der Waals surface area contributed by atoms with Crippen LogP contribution < -0.4 is 0 Å². The van der Waals surface area contributed by atoms with E-state index in [0.717, 1.165) is 0 Å². The third-order valence-electron chi connectivity index (χ3n) is 0.780. The summed E-state index contributed by atoms with van der Waals surface area (Å²) in [7, 11) is 0. The minimum absolute atomic E-state index is 0.377. The van der Waals surface area contributed by atoms with E-state index >= 15 is 0 Å². The molecule has 0 aliphatic heterocycles. The van der Waals surface area contributed by atoms with Crippen LogP contribution in [0.4, 0.5) is 13.2 Å². The molecule has 5 heteroatoms. The van der Waals surface area contributed by atoms with Gasteiger partial charge in [0.05, 0.1) is 6.07 Å². The molecule has 0 atom stereocenters. The van der Waals surface area contributed by atoms with Crippen LogP contribution in [0.2, 0.25) is 0 Å². The average molecular weight is 151 g/mol. The fraction of sp³-hybridized carbons (Fsp3) is 0.600. The number of rotatable bonds is 2. The van der Waals surface area contributed by atoms with Crippen LogP contribution in [-0.2, 0) is 4.79 Å². The van der Waals surface area contributed by atoms with Crippen molar-refractivity contribution in [3.05, 3.63) is 0 Å². The molecule has 10 heavy (non-hydrogen) atoms. The fourth-order valence-electron chi connectivity index (χ4n) is 0.311. The second kappa shape index (κ2) is 3.20. The van der Waals surface area contributed by atoms with E-state index in [9.17, 15) is 18.0 Å². The van der Waals surface area contributed by atoms with Crippen molar-refractivity contribution in [1.29, 1.82) is 5.26 Å². The molecule has 56 valence electrons. The molecule has 0 radical (unpaired) electrons. The maximum absolute atomic E-state index is 11.3. The summed E-state index contributed by atoms with van der Waals surface area (Å²) in [5.74, 6) is -1.84. The standard InChI is InChI=1S/C5H4F3NO/c6-5(7,8)4(10)2-1-3-9/h1-2H2. The van der Waals surface area contributed by atoms with Gasteiger partial charge in [-0.1, -0.05) is 0 Å². The zero-order valence-electron chi connectivity index (χ0n) is 4.90. The first-order valence-electron chi connectivity index (χ1n) is 2.45. The Morgan fingerprint density at radius 1 is 1.50 bits per heavy atom. The van der Waals surface area contributed by atoms with Crippen molar-refractivity contribution < 1.29 is 18.0 Å². The third kappa shape index (κ3) is 3.07. The summed E-state index contributed by atoms with van der Waals surface area (Å²) in [5.41, 5.74) is 0. The Bertz CT molecular complexity index is 167. The normalized spacial score (nSPS) is 10.6. The summed E-state index contributed by atoms with van der Waals surface area (Å²) in [4.78, 5) is 9.95. The lowest BCUT2D eigenvalue weighted by Crippen LogP contribution is -2.21. The van der Waals surface area contributed by atoms with Gasteiger partial charge in [-0.3, -0.25) is 4.79 Å². The van der Waals surface area contributed by atoms with E-state index in [1.165, 1.54) is 6.07 Å². The molecule has 0 bridgehead atoms. The molecule has 0 aliphatic rings. The number of Topliss-reactive ketones (excluding diaryl/α,β-unsaturated/α-hetero) is 1. The Morgan fingerprint density at radius 2 is 2.00 bits per heavy atom. The van der Waals surface area contributed by atoms with Crippen LogP contribution in [0.15, 0.2) is 0 Å². The Labute approximate surface area is 55.2 Å². The lowest BCUT2D eigenvalue weighted by molar-refractivity contribution is -0.170. The average Bonchev–Trinajstić information content (AvgIpc) is 1.80. The molecule has 0 aliphatic carbocycles. The van der Waals surface area contributed by atoms with E-state index in [2.05, 4.69) is 0 Å². The van der Waals surface area contributed by atoms with E-state index in [0.29, 0.717) is 0 Å². The van der Waals surface area contributed by atoms with Gasteiger partial charge in [0.1, 0.15) is 0 Å². The Morgan fingerprint density at radius 3 is 2.30 bits per heavy atom. The van der Waals surface area contributed by atoms with Gasteiger partial charge < -0.3 is 0 Å². The molecule has 2 nitrogen and oxygen atoms in total. The Kier molecular flexibility index (Phi) is 2.87. The maximum atomic E-state index is 11.3. The van der Waals surface area contributed by atoms with Crippen LogP contribution in [0.3, 0.4) is 0 Å². The van der Waals surface area contributed by atoms with E-state index < -0.39 is 18.4 Å². The highest BCUT2D eigenvalue weighted by Gasteiger charge is 2.37. The van der Waals surface area contributed by atoms with Gasteiger partial charge in [0.15, 0.2) is 0 Å². The topological polar surface area (TPSA) is 40.9 Å². The lowest BCUT2D eigenvalue weighted by Gasteiger charge is -2.00. The van der Waals surface area contributed by atoms with Crippen molar-refractivity contribution in [3.63, 3.8) is 0 Å². The number of carbonyl (C=O) groups is 1. The molecule has 0 saturated carbocycles. The largest absolute Gasteiger partial charge is 0.450 e. The van der Waals surface area contributed by atoms with Crippen molar-refractivity contribution in [2.45, 2.75) is 19.0 Å². The van der Waals surface area contributed by atoms with Gasteiger partial charge in [-0.2, -0.15) is 18.4 Å². The third-order valence-corrected chi connectivity index (χ3v) is 0.780. The lowest BCUT2D eigenvalue weighted by atomic mass is 10.2. The number of alkyl halides is 3. The summed E-state index contributed by atoms with van der Waals surface area (Å²) in [5, 5.41) is 7.81. The van der Waals surface area contributed by atoms with Gasteiger partial charge >= 0.3 is 6.18 Å². The monoisotopic (exact) mass is 151 g/mol. The highest BCUT2D eigenvalue weighted by molar-refractivity contribution is 5.84. The minimum atomic E-state index is -4.78. The van der Waals surface area contributed by atoms with Gasteiger partial charge in [0.2, 0.25) is 5.78 Å². The Balaban J connectivity index is 3.78. The summed E-state index contributed by atoms with van der Waals surface area (Å²) in [6.07, 6.45) is -5.89. The predicted molar refractivity (Wildman–Crippen MR) is 25.9 cm³/mol. The quantitative estimate of drug-likeness (QED) is 0.598. The van der Waals surface area contributed by atoms with Gasteiger partial charge in [-0.15, -0.1) is 0 Å². The summed E-state index contributed by atoms with van der Waals surface area (Å²) < 4.78 is 33.9. The summed E-state index contributed by atoms with van der Waals surface area (Å²) >= 11 is 0. The SMILES string of the molecule is N#CCCC(=O)C(F)(F)F. The molecule has 0 saturated heterocycles. The first-order valence-corrected chi connectivity index (χ1v) is 2.45. The van der Waals surface area contributed by atoms with Crippen LogP contribution in [0.1, 0.15) is 12.8 Å². The fourth-order valence-corrected chi connectivity index (χ4v) is 0.311. The van der Waals surface area contributed by atoms with Gasteiger partial charge in [0, 0.05) is 12.8 Å². The Hall–Kier alpha value is -1.05. The number of hydrogen-bond acceptors (Lipinski definition) is 2. The number of nitrogens with zero attached hydrogens (tertiary/aromatic N) is 1. The highest BCUT2D eigenvalue weighted by Crippen LogP contribution is 2.18. The number of halogens is 3. The van der Waals surface area contributed by atoms with Crippen molar-refractivity contribution in [3.8, 4) is 6.07 Å². The molecule has 0 unspecified atom stereocenters. The van der Waals surface area contributed by atoms with Crippen LogP contribution in [0, 0.1) is 11.3 Å². The second-order valence-corrected chi connectivity index (χ2v) is 1.58. The van der Waals surface area contributed by atoms with Gasteiger partial charge in [-0.05, 0) is 0 Å². The van der Waals surface area contributed by atoms with E-state index in [1.807, 2.05) is 0 Å². The molecule has 0 aromatic heterocycles. The first kappa shape index (κ1) is 8.95. The molecule has 0 amide bonds. The van der Waals surface area contributed by atoms with Gasteiger partial charge in [0.25, 0.3) is 0 Å². The zero-order valence-corrected chi connectivity index (χ0v) is 4.90. The molecular formula is C5H4F3NO. The van der Waals surface area contributed by atoms with E-state index in [-0.39, 0.29) is 6.42 Å². The van der Waals surface area contributed by atoms with Crippen molar-refractivity contribution in [2.24, 2.45) is 0 Å². The highest BCUT2D eigenvalue weighted by atomic mass is 19.4. The van der Waals surface area contributed by atoms with E-state index in [4.69, 9.17) is 5.26 Å². The van der Waals surface area contributed by atoms with Crippen LogP contribution in [0.25, 0.3) is 0 Å². The number of hydrogen-bond donors (Lipinski definition) is 0. The van der Waals surface area contributed by atoms with Gasteiger partial charge in [-0.25, -0.2) is 0 Å². The molecule has 0 aromatic rings. The first-order chi connectivity index (χ1) is 4.48. The molecule has 0 N–H and O–H groups in total. The zero-order chi connectivity index (χ0) is 8.20. The number of nitriles is 1. The van der Waals surface area contributed by atoms with Crippen LogP contribution >= 0.6 is 0 Å². The van der Waals surface area contributed by atoms with Crippen LogP contribution in [0.5, 0.6) is 0 Å². The van der Waals surface area contributed by atoms with Crippen molar-refractivity contribution in [2.75, 3.05) is 0 Å². The maximum Gasteiger partial charge on any atom is 0.450 e. The smallest absolute Gasteiger partial charge is 0.290 e. The number of ketones is 1. The molecule has 0 fully saturated rings. The predicted octanol–water partition coefficient (Wildman–Crippen LogP) is 1.42.